The molecule has 2 aromatic heterocycles. The van der Waals surface area contributed by atoms with Crippen molar-refractivity contribution in [1.29, 1.82) is 0 Å². The summed E-state index contributed by atoms with van der Waals surface area (Å²) in [6, 6.07) is 1.57. The van der Waals surface area contributed by atoms with E-state index in [4.69, 9.17) is 21.8 Å². The van der Waals surface area contributed by atoms with Crippen LogP contribution in [0.4, 0.5) is 11.5 Å². The Bertz CT molecular complexity index is 599. The van der Waals surface area contributed by atoms with E-state index in [1.807, 2.05) is 0 Å². The smallest absolute Gasteiger partial charge is 0.251 e. The molecule has 0 saturated heterocycles. The minimum absolute atomic E-state index is 0.317. The van der Waals surface area contributed by atoms with Crippen molar-refractivity contribution in [2.75, 3.05) is 17.7 Å². The van der Waals surface area contributed by atoms with E-state index in [0.717, 1.165) is 0 Å². The number of nitrogens with zero attached hydrogens (tertiary/aromatic N) is 2. The second-order valence-corrected chi connectivity index (χ2v) is 4.02. The fraction of sp³-hybridized carbons (Fsp3) is 0.182. The van der Waals surface area contributed by atoms with Crippen LogP contribution in [0.1, 0.15) is 16.1 Å². The number of furan rings is 1. The average Bonchev–Trinajstić information content (AvgIpc) is 2.85. The first-order valence-electron chi connectivity index (χ1n) is 5.41. The minimum atomic E-state index is -0.531. The van der Waals surface area contributed by atoms with Crippen molar-refractivity contribution in [2.24, 2.45) is 5.73 Å². The van der Waals surface area contributed by atoms with Crippen LogP contribution in [0.25, 0.3) is 0 Å². The second-order valence-electron chi connectivity index (χ2n) is 3.66. The van der Waals surface area contributed by atoms with Crippen LogP contribution >= 0.6 is 11.6 Å². The molecule has 0 aromatic carbocycles. The number of aromatic nitrogens is 2. The molecule has 7 nitrogen and oxygen atoms in total. The third-order valence-electron chi connectivity index (χ3n) is 2.42. The third kappa shape index (κ3) is 2.94. The largest absolute Gasteiger partial charge is 0.467 e. The van der Waals surface area contributed by atoms with Crippen molar-refractivity contribution in [3.8, 4) is 0 Å². The van der Waals surface area contributed by atoms with E-state index in [2.05, 4.69) is 20.6 Å². The molecule has 4 N–H and O–H groups in total. The molecule has 8 heteroatoms. The Kier molecular flexibility index (Phi) is 3.86. The topological polar surface area (TPSA) is 106 Å². The maximum absolute atomic E-state index is 10.9. The first-order valence-corrected chi connectivity index (χ1v) is 5.79. The normalized spacial score (nSPS) is 10.2. The van der Waals surface area contributed by atoms with E-state index < -0.39 is 5.91 Å². The lowest BCUT2D eigenvalue weighted by molar-refractivity contribution is 0.0999. The molecule has 1 amide bonds. The summed E-state index contributed by atoms with van der Waals surface area (Å²) >= 11 is 5.92. The summed E-state index contributed by atoms with van der Waals surface area (Å²) in [5, 5.41) is 6.25. The summed E-state index contributed by atoms with van der Waals surface area (Å²) in [4.78, 5) is 18.9. The molecule has 0 radical (unpaired) electrons. The van der Waals surface area contributed by atoms with E-state index >= 15 is 0 Å². The Morgan fingerprint density at radius 3 is 2.95 bits per heavy atom. The minimum Gasteiger partial charge on any atom is -0.467 e. The van der Waals surface area contributed by atoms with Gasteiger partial charge in [0.2, 0.25) is 0 Å². The van der Waals surface area contributed by atoms with Crippen LogP contribution in [0.2, 0.25) is 5.15 Å². The van der Waals surface area contributed by atoms with Gasteiger partial charge in [0.15, 0.2) is 11.0 Å². The molecule has 0 spiro atoms. The fourth-order valence-corrected chi connectivity index (χ4v) is 1.72. The SMILES string of the molecule is CNc1c(Cl)ncnc1NCc1cc(C(N)=O)co1. The predicted molar refractivity (Wildman–Crippen MR) is 71.1 cm³/mol. The quantitative estimate of drug-likeness (QED) is 0.717. The highest BCUT2D eigenvalue weighted by molar-refractivity contribution is 6.32. The lowest BCUT2D eigenvalue weighted by Gasteiger charge is -2.09. The molecule has 0 bridgehead atoms. The number of hydrogen-bond donors (Lipinski definition) is 3. The monoisotopic (exact) mass is 281 g/mol. The molecule has 0 aliphatic heterocycles. The molecule has 100 valence electrons. The van der Waals surface area contributed by atoms with Gasteiger partial charge in [-0.15, -0.1) is 0 Å². The number of rotatable bonds is 5. The molecule has 0 unspecified atom stereocenters. The van der Waals surface area contributed by atoms with Crippen LogP contribution in [0.5, 0.6) is 0 Å². The van der Waals surface area contributed by atoms with Gasteiger partial charge in [0, 0.05) is 7.05 Å². The third-order valence-corrected chi connectivity index (χ3v) is 2.71. The molecular formula is C11H12ClN5O2. The number of carbonyl (C=O) groups excluding carboxylic acids is 1. The summed E-state index contributed by atoms with van der Waals surface area (Å²) in [5.74, 6) is 0.570. The highest BCUT2D eigenvalue weighted by Crippen LogP contribution is 2.25. The van der Waals surface area contributed by atoms with Crippen LogP contribution in [0, 0.1) is 0 Å². The van der Waals surface area contributed by atoms with Gasteiger partial charge in [0.25, 0.3) is 5.91 Å². The van der Waals surface area contributed by atoms with E-state index in [9.17, 15) is 4.79 Å². The zero-order chi connectivity index (χ0) is 13.8. The Morgan fingerprint density at radius 2 is 2.32 bits per heavy atom. The average molecular weight is 282 g/mol. The first kappa shape index (κ1) is 13.2. The van der Waals surface area contributed by atoms with Crippen LogP contribution in [-0.4, -0.2) is 22.9 Å². The van der Waals surface area contributed by atoms with Gasteiger partial charge in [-0.25, -0.2) is 9.97 Å². The first-order chi connectivity index (χ1) is 9.11. The summed E-state index contributed by atoms with van der Waals surface area (Å²) in [6.45, 7) is 0.343. The summed E-state index contributed by atoms with van der Waals surface area (Å²) < 4.78 is 5.19. The Labute approximate surface area is 114 Å². The van der Waals surface area contributed by atoms with E-state index in [1.165, 1.54) is 12.6 Å². The van der Waals surface area contributed by atoms with E-state index in [0.29, 0.717) is 34.5 Å². The second kappa shape index (κ2) is 5.57. The number of amides is 1. The number of anilines is 2. The Hall–Kier alpha value is -2.28. The lowest BCUT2D eigenvalue weighted by atomic mass is 10.3. The van der Waals surface area contributed by atoms with Gasteiger partial charge in [0.1, 0.15) is 24.0 Å². The van der Waals surface area contributed by atoms with Crippen molar-refractivity contribution in [1.82, 2.24) is 9.97 Å². The van der Waals surface area contributed by atoms with Gasteiger partial charge in [-0.1, -0.05) is 11.6 Å². The fourth-order valence-electron chi connectivity index (χ4n) is 1.49. The molecule has 2 rings (SSSR count). The van der Waals surface area contributed by atoms with Crippen molar-refractivity contribution in [3.63, 3.8) is 0 Å². The summed E-state index contributed by atoms with van der Waals surface area (Å²) in [5.41, 5.74) is 6.05. The zero-order valence-corrected chi connectivity index (χ0v) is 10.9. The highest BCUT2D eigenvalue weighted by Gasteiger charge is 2.10. The van der Waals surface area contributed by atoms with Gasteiger partial charge in [-0.05, 0) is 6.07 Å². The Balaban J connectivity index is 2.10. The molecule has 0 atom stereocenters. The van der Waals surface area contributed by atoms with Crippen LogP contribution in [0.3, 0.4) is 0 Å². The molecule has 2 aromatic rings. The molecule has 0 fully saturated rings. The standard InChI is InChI=1S/C11H12ClN5O2/c1-14-8-9(12)16-5-17-11(8)15-3-7-2-6(4-19-7)10(13)18/h2,4-5,14H,3H2,1H3,(H2,13,18)(H,15,16,17). The number of carbonyl (C=O) groups is 1. The van der Waals surface area contributed by atoms with Crippen LogP contribution in [0.15, 0.2) is 23.1 Å². The molecule has 0 aliphatic rings. The van der Waals surface area contributed by atoms with Crippen molar-refractivity contribution in [3.05, 3.63) is 35.1 Å². The van der Waals surface area contributed by atoms with Gasteiger partial charge < -0.3 is 20.8 Å². The van der Waals surface area contributed by atoms with Gasteiger partial charge >= 0.3 is 0 Å². The molecule has 2 heterocycles. The van der Waals surface area contributed by atoms with Crippen LogP contribution in [-0.2, 0) is 6.54 Å². The van der Waals surface area contributed by atoms with Crippen molar-refractivity contribution >= 4 is 29.0 Å². The molecule has 0 saturated carbocycles. The highest BCUT2D eigenvalue weighted by atomic mass is 35.5. The number of nitrogens with one attached hydrogen (secondary N) is 2. The zero-order valence-electron chi connectivity index (χ0n) is 10.1. The van der Waals surface area contributed by atoms with E-state index in [-0.39, 0.29) is 0 Å². The molecular weight excluding hydrogens is 270 g/mol. The van der Waals surface area contributed by atoms with Gasteiger partial charge in [-0.3, -0.25) is 4.79 Å². The lowest BCUT2D eigenvalue weighted by Crippen LogP contribution is -2.09. The van der Waals surface area contributed by atoms with Gasteiger partial charge in [0.05, 0.1) is 12.1 Å². The van der Waals surface area contributed by atoms with Gasteiger partial charge in [-0.2, -0.15) is 0 Å². The van der Waals surface area contributed by atoms with Crippen molar-refractivity contribution < 1.29 is 9.21 Å². The molecule has 19 heavy (non-hydrogen) atoms. The van der Waals surface area contributed by atoms with E-state index in [1.54, 1.807) is 13.1 Å². The number of nitrogens with two attached hydrogens (primary N) is 1. The number of halogens is 1. The number of hydrogen-bond acceptors (Lipinski definition) is 6. The maximum Gasteiger partial charge on any atom is 0.251 e. The Morgan fingerprint density at radius 1 is 1.53 bits per heavy atom. The molecule has 0 aliphatic carbocycles. The number of primary amides is 1. The summed E-state index contributed by atoms with van der Waals surface area (Å²) in [6.07, 6.45) is 2.66. The maximum atomic E-state index is 10.9. The van der Waals surface area contributed by atoms with Crippen molar-refractivity contribution in [2.45, 2.75) is 6.54 Å². The summed E-state index contributed by atoms with van der Waals surface area (Å²) in [7, 11) is 1.72. The van der Waals surface area contributed by atoms with Crippen LogP contribution < -0.4 is 16.4 Å². The predicted octanol–water partition coefficient (Wildman–Crippen LogP) is 1.48.